The van der Waals surface area contributed by atoms with E-state index in [4.69, 9.17) is 12.2 Å². The number of aliphatic hydroxyl groups is 1. The quantitative estimate of drug-likeness (QED) is 0.189. The zero-order valence-electron chi connectivity index (χ0n) is 21.6. The van der Waals surface area contributed by atoms with E-state index in [-0.39, 0.29) is 41.8 Å². The van der Waals surface area contributed by atoms with Gasteiger partial charge >= 0.3 is 0 Å². The van der Waals surface area contributed by atoms with Crippen LogP contribution in [0.3, 0.4) is 0 Å². The number of phenolic OH excluding ortho intramolecular Hbond substituents is 2. The Labute approximate surface area is 234 Å². The van der Waals surface area contributed by atoms with Gasteiger partial charge in [0.25, 0.3) is 0 Å². The summed E-state index contributed by atoms with van der Waals surface area (Å²) >= 11 is 5.89. The van der Waals surface area contributed by atoms with Crippen molar-refractivity contribution in [2.75, 3.05) is 11.5 Å². The van der Waals surface area contributed by atoms with Crippen molar-refractivity contribution in [3.63, 3.8) is 0 Å². The number of aliphatic hydroxyl groups excluding tert-OH is 1. The Kier molecular flexibility index (Phi) is 8.24. The fraction of sp³-hybridized carbons (Fsp3) is 0.242. The Morgan fingerprint density at radius 2 is 1.62 bits per heavy atom. The molecule has 1 aliphatic rings. The molecule has 6 heteroatoms. The van der Waals surface area contributed by atoms with Crippen molar-refractivity contribution >= 4 is 22.9 Å². The number of aromatic hydroxyl groups is 2. The highest BCUT2D eigenvalue weighted by molar-refractivity contribution is 7.80. The van der Waals surface area contributed by atoms with Crippen LogP contribution in [-0.4, -0.2) is 26.9 Å². The van der Waals surface area contributed by atoms with Crippen LogP contribution in [0.1, 0.15) is 48.8 Å². The van der Waals surface area contributed by atoms with E-state index in [1.165, 1.54) is 12.1 Å². The van der Waals surface area contributed by atoms with Crippen molar-refractivity contribution in [1.29, 1.82) is 0 Å². The molecule has 4 aromatic rings. The van der Waals surface area contributed by atoms with E-state index < -0.39 is 0 Å². The van der Waals surface area contributed by atoms with Crippen LogP contribution in [0.4, 0.5) is 10.1 Å². The van der Waals surface area contributed by atoms with Gasteiger partial charge in [-0.1, -0.05) is 73.2 Å². The average molecular weight is 542 g/mol. The second-order valence-corrected chi connectivity index (χ2v) is 10.7. The molecule has 4 aromatic carbocycles. The summed E-state index contributed by atoms with van der Waals surface area (Å²) in [5.74, 6) is 0.194. The molecule has 0 amide bonds. The predicted octanol–water partition coefficient (Wildman–Crippen LogP) is 7.75. The summed E-state index contributed by atoms with van der Waals surface area (Å²) in [4.78, 5) is 3.00. The molecule has 3 N–H and O–H groups in total. The molecule has 3 unspecified atom stereocenters. The van der Waals surface area contributed by atoms with Gasteiger partial charge in [-0.05, 0) is 77.9 Å². The number of hydrogen-bond donors (Lipinski definition) is 3. The first kappa shape index (κ1) is 26.9. The monoisotopic (exact) mass is 541 g/mol. The Morgan fingerprint density at radius 1 is 0.872 bits per heavy atom. The number of thiocarbonyl (C=S) groups is 1. The summed E-state index contributed by atoms with van der Waals surface area (Å²) in [6.07, 6.45) is 3.21. The van der Waals surface area contributed by atoms with Crippen molar-refractivity contribution in [3.05, 3.63) is 114 Å². The van der Waals surface area contributed by atoms with E-state index in [2.05, 4.69) is 4.90 Å². The fourth-order valence-electron chi connectivity index (χ4n) is 5.73. The number of benzene rings is 4. The van der Waals surface area contributed by atoms with Crippen LogP contribution in [0.25, 0.3) is 11.1 Å². The first-order valence-electron chi connectivity index (χ1n) is 13.3. The van der Waals surface area contributed by atoms with Gasteiger partial charge in [-0.3, -0.25) is 0 Å². The van der Waals surface area contributed by atoms with Crippen LogP contribution in [0.15, 0.2) is 97.1 Å². The van der Waals surface area contributed by atoms with E-state index in [0.717, 1.165) is 58.6 Å². The third kappa shape index (κ3) is 5.97. The lowest BCUT2D eigenvalue weighted by Crippen LogP contribution is -2.28. The summed E-state index contributed by atoms with van der Waals surface area (Å²) in [6.45, 7) is 0.00553. The Hall–Kier alpha value is -3.74. The number of phenols is 2. The van der Waals surface area contributed by atoms with Crippen molar-refractivity contribution < 1.29 is 19.7 Å². The second kappa shape index (κ2) is 12.0. The van der Waals surface area contributed by atoms with Gasteiger partial charge in [0.05, 0.1) is 11.0 Å². The summed E-state index contributed by atoms with van der Waals surface area (Å²) in [5, 5.41) is 31.2. The maximum absolute atomic E-state index is 13.4. The molecule has 0 aromatic heterocycles. The van der Waals surface area contributed by atoms with Gasteiger partial charge in [-0.2, -0.15) is 0 Å². The minimum Gasteiger partial charge on any atom is -0.508 e. The first-order chi connectivity index (χ1) is 18.9. The molecule has 0 saturated carbocycles. The maximum atomic E-state index is 13.4. The van der Waals surface area contributed by atoms with Gasteiger partial charge in [-0.25, -0.2) is 4.39 Å². The number of anilines is 1. The van der Waals surface area contributed by atoms with Crippen LogP contribution in [-0.2, 0) is 0 Å². The van der Waals surface area contributed by atoms with Crippen molar-refractivity contribution in [2.24, 2.45) is 5.92 Å². The molecule has 4 nitrogen and oxygen atoms in total. The minimum atomic E-state index is -0.284. The summed E-state index contributed by atoms with van der Waals surface area (Å²) in [5.41, 5.74) is 4.38. The number of rotatable bonds is 9. The molecule has 5 rings (SSSR count). The Morgan fingerprint density at radius 3 is 2.31 bits per heavy atom. The van der Waals surface area contributed by atoms with Crippen molar-refractivity contribution in [1.82, 2.24) is 0 Å². The maximum Gasteiger partial charge on any atom is 0.123 e. The Balaban J connectivity index is 1.41. The predicted molar refractivity (Wildman–Crippen MR) is 158 cm³/mol. The smallest absolute Gasteiger partial charge is 0.123 e. The number of nitrogens with zero attached hydrogens (tertiary/aromatic N) is 1. The molecule has 200 valence electrons. The van der Waals surface area contributed by atoms with Gasteiger partial charge in [0.2, 0.25) is 0 Å². The molecule has 1 saturated heterocycles. The zero-order chi connectivity index (χ0) is 27.4. The summed E-state index contributed by atoms with van der Waals surface area (Å²) < 4.78 is 13.4. The highest BCUT2D eigenvalue weighted by atomic mass is 32.1. The minimum absolute atomic E-state index is 0.00553. The molecule has 0 radical (unpaired) electrons. The van der Waals surface area contributed by atoms with Crippen LogP contribution in [0.5, 0.6) is 11.5 Å². The standard InChI is InChI=1S/C33H32FNO3S/c34-27-15-12-22(13-16-27)26(21-36)8-4-7-25-20-32(39)35(28-9-2-1-3-10-28)33(25)30-17-14-24(19-31(30)38)23-6-5-11-29(37)18-23/h1-3,5-6,9-19,25-26,33,36-38H,4,7-8,20-21H2. The highest BCUT2D eigenvalue weighted by Crippen LogP contribution is 2.47. The molecule has 1 heterocycles. The molecular weight excluding hydrogens is 509 g/mol. The molecule has 39 heavy (non-hydrogen) atoms. The van der Waals surface area contributed by atoms with E-state index in [9.17, 15) is 19.7 Å². The molecule has 0 aliphatic carbocycles. The molecule has 1 aliphatic heterocycles. The molecular formula is C33H32FNO3S. The van der Waals surface area contributed by atoms with E-state index in [0.29, 0.717) is 0 Å². The molecule has 0 spiro atoms. The van der Waals surface area contributed by atoms with Gasteiger partial charge in [0.15, 0.2) is 0 Å². The van der Waals surface area contributed by atoms with Crippen LogP contribution in [0, 0.1) is 11.7 Å². The van der Waals surface area contributed by atoms with Crippen molar-refractivity contribution in [2.45, 2.75) is 37.6 Å². The Bertz CT molecular complexity index is 1430. The molecule has 3 atom stereocenters. The zero-order valence-corrected chi connectivity index (χ0v) is 22.4. The number of halogens is 1. The number of hydrogen-bond acceptors (Lipinski definition) is 4. The summed E-state index contributed by atoms with van der Waals surface area (Å²) in [7, 11) is 0. The van der Waals surface area contributed by atoms with Gasteiger partial charge in [0, 0.05) is 30.2 Å². The molecule has 0 bridgehead atoms. The lowest BCUT2D eigenvalue weighted by molar-refractivity contribution is 0.253. The second-order valence-electron chi connectivity index (χ2n) is 10.2. The third-order valence-electron chi connectivity index (χ3n) is 7.68. The highest BCUT2D eigenvalue weighted by Gasteiger charge is 2.40. The van der Waals surface area contributed by atoms with Crippen LogP contribution >= 0.6 is 12.2 Å². The molecule has 1 fully saturated rings. The lowest BCUT2D eigenvalue weighted by atomic mass is 9.86. The van der Waals surface area contributed by atoms with Gasteiger partial charge < -0.3 is 20.2 Å². The van der Waals surface area contributed by atoms with E-state index in [1.54, 1.807) is 36.4 Å². The topological polar surface area (TPSA) is 63.9 Å². The SMILES string of the molecule is OCC(CCCC1CC(=S)N(c2ccccc2)C1c1ccc(-c2cccc(O)c2)cc1O)c1ccc(F)cc1. The van der Waals surface area contributed by atoms with Crippen LogP contribution in [0.2, 0.25) is 0 Å². The summed E-state index contributed by atoms with van der Waals surface area (Å²) in [6, 6.07) is 28.9. The van der Waals surface area contributed by atoms with Crippen molar-refractivity contribution in [3.8, 4) is 22.6 Å². The van der Waals surface area contributed by atoms with Gasteiger partial charge in [-0.15, -0.1) is 0 Å². The average Bonchev–Trinajstić information content (AvgIpc) is 3.27. The lowest BCUT2D eigenvalue weighted by Gasteiger charge is -2.31. The number of para-hydroxylation sites is 1. The van der Waals surface area contributed by atoms with E-state index >= 15 is 0 Å². The third-order valence-corrected chi connectivity index (χ3v) is 8.05. The largest absolute Gasteiger partial charge is 0.508 e. The normalized spacial score (nSPS) is 17.9. The van der Waals surface area contributed by atoms with E-state index in [1.807, 2.05) is 48.5 Å². The van der Waals surface area contributed by atoms with Gasteiger partial charge in [0.1, 0.15) is 17.3 Å². The van der Waals surface area contributed by atoms with Crippen LogP contribution < -0.4 is 4.90 Å². The fourth-order valence-corrected chi connectivity index (χ4v) is 6.16. The first-order valence-corrected chi connectivity index (χ1v) is 13.7.